The number of nitrogens with two attached hydrogens (primary N) is 1. The maximum atomic E-state index is 12.2. The van der Waals surface area contributed by atoms with Crippen molar-refractivity contribution in [1.82, 2.24) is 25.0 Å². The molecular weight excluding hydrogens is 426 g/mol. The van der Waals surface area contributed by atoms with Crippen molar-refractivity contribution in [1.29, 1.82) is 5.26 Å². The first-order valence-electron chi connectivity index (χ1n) is 9.76. The first-order valence-corrected chi connectivity index (χ1v) is 10.6. The van der Waals surface area contributed by atoms with E-state index >= 15 is 0 Å². The topological polar surface area (TPSA) is 147 Å². The van der Waals surface area contributed by atoms with Gasteiger partial charge in [0.25, 0.3) is 5.91 Å². The van der Waals surface area contributed by atoms with Crippen LogP contribution in [0.15, 0.2) is 54.2 Å². The molecule has 0 atom stereocenters. The zero-order valence-electron chi connectivity index (χ0n) is 16.9. The third kappa shape index (κ3) is 4.71. The molecule has 0 bridgehead atoms. The van der Waals surface area contributed by atoms with Crippen molar-refractivity contribution in [2.75, 3.05) is 22.9 Å². The minimum atomic E-state index is -0.295. The van der Waals surface area contributed by atoms with Gasteiger partial charge in [0.05, 0.1) is 16.9 Å². The molecule has 3 aromatic heterocycles. The number of benzene rings is 1. The standard InChI is InChI=1S/C21H19N9OS/c22-11-16-17(29-30(19(16)23)15-5-2-1-3-6-15)7-4-10-24-18-9-8-14(12-25-18)20(31)27-21-28-26-13-32-21/h1-3,5-6,8-9,12-13H,4,7,10,23H2,(H,24,25)(H,27,28,31). The number of hydrogen-bond acceptors (Lipinski definition) is 9. The lowest BCUT2D eigenvalue weighted by atomic mass is 10.1. The number of aryl methyl sites for hydroxylation is 1. The van der Waals surface area contributed by atoms with Gasteiger partial charge in [-0.3, -0.25) is 10.1 Å². The van der Waals surface area contributed by atoms with Crippen LogP contribution in [-0.4, -0.2) is 37.4 Å². The summed E-state index contributed by atoms with van der Waals surface area (Å²) in [5.74, 6) is 0.689. The molecule has 4 rings (SSSR count). The zero-order valence-corrected chi connectivity index (χ0v) is 17.7. The molecule has 11 heteroatoms. The quantitative estimate of drug-likeness (QED) is 0.351. The Morgan fingerprint density at radius 3 is 2.75 bits per heavy atom. The number of carbonyl (C=O) groups excluding carboxylic acids is 1. The van der Waals surface area contributed by atoms with Crippen LogP contribution in [0.25, 0.3) is 5.69 Å². The molecule has 3 heterocycles. The van der Waals surface area contributed by atoms with Crippen LogP contribution >= 0.6 is 11.3 Å². The van der Waals surface area contributed by atoms with Crippen LogP contribution in [0, 0.1) is 11.3 Å². The van der Waals surface area contributed by atoms with Crippen molar-refractivity contribution in [3.05, 3.63) is 71.0 Å². The predicted molar refractivity (Wildman–Crippen MR) is 122 cm³/mol. The molecule has 0 radical (unpaired) electrons. The maximum Gasteiger partial charge on any atom is 0.259 e. The van der Waals surface area contributed by atoms with E-state index in [2.05, 4.69) is 37.0 Å². The van der Waals surface area contributed by atoms with Crippen LogP contribution < -0.4 is 16.4 Å². The lowest BCUT2D eigenvalue weighted by Crippen LogP contribution is -2.12. The molecule has 1 amide bonds. The lowest BCUT2D eigenvalue weighted by Gasteiger charge is -2.06. The van der Waals surface area contributed by atoms with Crippen molar-refractivity contribution in [2.45, 2.75) is 12.8 Å². The summed E-state index contributed by atoms with van der Waals surface area (Å²) in [6.45, 7) is 0.617. The van der Waals surface area contributed by atoms with E-state index in [-0.39, 0.29) is 5.91 Å². The summed E-state index contributed by atoms with van der Waals surface area (Å²) in [5, 5.41) is 27.8. The van der Waals surface area contributed by atoms with Crippen LogP contribution in [0.3, 0.4) is 0 Å². The third-order valence-corrected chi connectivity index (χ3v) is 5.22. The Hall–Kier alpha value is -4.30. The van der Waals surface area contributed by atoms with E-state index in [1.54, 1.807) is 22.3 Å². The van der Waals surface area contributed by atoms with E-state index < -0.39 is 0 Å². The van der Waals surface area contributed by atoms with Crippen molar-refractivity contribution < 1.29 is 4.79 Å². The highest BCUT2D eigenvalue weighted by Crippen LogP contribution is 2.21. The van der Waals surface area contributed by atoms with Gasteiger partial charge < -0.3 is 11.1 Å². The SMILES string of the molecule is N#Cc1c(CCCNc2ccc(C(=O)Nc3nncs3)cn2)nn(-c2ccccc2)c1N. The number of aromatic nitrogens is 5. The average molecular weight is 446 g/mol. The zero-order chi connectivity index (χ0) is 22.3. The molecular formula is C21H19N9OS. The van der Waals surface area contributed by atoms with Gasteiger partial charge in [-0.25, -0.2) is 9.67 Å². The van der Waals surface area contributed by atoms with E-state index in [4.69, 9.17) is 5.73 Å². The highest BCUT2D eigenvalue weighted by atomic mass is 32.1. The predicted octanol–water partition coefficient (Wildman–Crippen LogP) is 2.87. The second-order valence-electron chi connectivity index (χ2n) is 6.73. The van der Waals surface area contributed by atoms with Crippen molar-refractivity contribution in [3.8, 4) is 11.8 Å². The van der Waals surface area contributed by atoms with Crippen LogP contribution in [-0.2, 0) is 6.42 Å². The second kappa shape index (κ2) is 9.67. The Labute approximate surface area is 187 Å². The molecule has 4 aromatic rings. The smallest absolute Gasteiger partial charge is 0.259 e. The van der Waals surface area contributed by atoms with Crippen LogP contribution in [0.2, 0.25) is 0 Å². The summed E-state index contributed by atoms with van der Waals surface area (Å²) in [7, 11) is 0. The first kappa shape index (κ1) is 21.0. The van der Waals surface area contributed by atoms with Crippen molar-refractivity contribution >= 4 is 34.0 Å². The van der Waals surface area contributed by atoms with Crippen molar-refractivity contribution in [3.63, 3.8) is 0 Å². The van der Waals surface area contributed by atoms with E-state index in [0.29, 0.717) is 46.6 Å². The number of rotatable bonds is 8. The number of para-hydroxylation sites is 1. The number of nitrogens with zero attached hydrogens (tertiary/aromatic N) is 6. The number of amides is 1. The van der Waals surface area contributed by atoms with Gasteiger partial charge in [0.2, 0.25) is 5.13 Å². The average Bonchev–Trinajstić information content (AvgIpc) is 3.45. The Morgan fingerprint density at radius 2 is 2.06 bits per heavy atom. The molecule has 4 N–H and O–H groups in total. The van der Waals surface area contributed by atoms with Crippen LogP contribution in [0.5, 0.6) is 0 Å². The fraction of sp³-hybridized carbons (Fsp3) is 0.143. The van der Waals surface area contributed by atoms with E-state index in [1.807, 2.05) is 30.3 Å². The number of nitrogen functional groups attached to an aromatic ring is 1. The summed E-state index contributed by atoms with van der Waals surface area (Å²) in [5.41, 5.74) is 9.97. The molecule has 0 unspecified atom stereocenters. The Morgan fingerprint density at radius 1 is 1.22 bits per heavy atom. The lowest BCUT2D eigenvalue weighted by molar-refractivity contribution is 0.102. The van der Waals surface area contributed by atoms with E-state index in [1.165, 1.54) is 17.5 Å². The van der Waals surface area contributed by atoms with Gasteiger partial charge >= 0.3 is 0 Å². The normalized spacial score (nSPS) is 10.5. The first-order chi connectivity index (χ1) is 15.7. The molecule has 10 nitrogen and oxygen atoms in total. The third-order valence-electron chi connectivity index (χ3n) is 4.61. The van der Waals surface area contributed by atoms with Crippen LogP contribution in [0.1, 0.15) is 28.0 Å². The van der Waals surface area contributed by atoms with Gasteiger partial charge in [0.1, 0.15) is 28.8 Å². The highest BCUT2D eigenvalue weighted by molar-refractivity contribution is 7.13. The molecule has 0 aliphatic carbocycles. The van der Waals surface area contributed by atoms with Gasteiger partial charge in [0, 0.05) is 12.7 Å². The van der Waals surface area contributed by atoms with Gasteiger partial charge in [-0.1, -0.05) is 29.5 Å². The number of anilines is 3. The number of nitrogens with one attached hydrogen (secondary N) is 2. The molecule has 0 saturated heterocycles. The maximum absolute atomic E-state index is 12.2. The van der Waals surface area contributed by atoms with Crippen LogP contribution in [0.4, 0.5) is 16.8 Å². The van der Waals surface area contributed by atoms with E-state index in [0.717, 1.165) is 12.1 Å². The molecule has 160 valence electrons. The fourth-order valence-electron chi connectivity index (χ4n) is 3.04. The summed E-state index contributed by atoms with van der Waals surface area (Å²) in [4.78, 5) is 16.4. The van der Waals surface area contributed by atoms with Gasteiger partial charge in [-0.2, -0.15) is 10.4 Å². The van der Waals surface area contributed by atoms with Gasteiger partial charge in [-0.15, -0.1) is 10.2 Å². The molecule has 32 heavy (non-hydrogen) atoms. The Kier molecular flexibility index (Phi) is 6.33. The molecule has 0 aliphatic heterocycles. The van der Waals surface area contributed by atoms with Gasteiger partial charge in [0.15, 0.2) is 0 Å². The summed E-state index contributed by atoms with van der Waals surface area (Å²) in [6, 6.07) is 15.0. The highest BCUT2D eigenvalue weighted by Gasteiger charge is 2.16. The van der Waals surface area contributed by atoms with E-state index in [9.17, 15) is 10.1 Å². The molecule has 0 spiro atoms. The number of pyridine rings is 1. The Bertz CT molecular complexity index is 1230. The number of nitriles is 1. The number of hydrogen-bond donors (Lipinski definition) is 3. The fourth-order valence-corrected chi connectivity index (χ4v) is 3.48. The largest absolute Gasteiger partial charge is 0.382 e. The van der Waals surface area contributed by atoms with Crippen molar-refractivity contribution in [2.24, 2.45) is 0 Å². The minimum Gasteiger partial charge on any atom is -0.382 e. The molecule has 1 aromatic carbocycles. The number of carbonyl (C=O) groups is 1. The summed E-state index contributed by atoms with van der Waals surface area (Å²) < 4.78 is 1.59. The Balaban J connectivity index is 1.32. The molecule has 0 aliphatic rings. The summed E-state index contributed by atoms with van der Waals surface area (Å²) >= 11 is 1.24. The molecule has 0 fully saturated rings. The minimum absolute atomic E-state index is 0.295. The summed E-state index contributed by atoms with van der Waals surface area (Å²) in [6.07, 6.45) is 2.80. The molecule has 0 saturated carbocycles. The monoisotopic (exact) mass is 445 g/mol. The second-order valence-corrected chi connectivity index (χ2v) is 7.56. The van der Waals surface area contributed by atoms with Gasteiger partial charge in [-0.05, 0) is 37.1 Å².